The second-order valence-corrected chi connectivity index (χ2v) is 4.13. The molecular weight excluding hydrogens is 293 g/mol. The highest BCUT2D eigenvalue weighted by molar-refractivity contribution is 14.1. The predicted octanol–water partition coefficient (Wildman–Crippen LogP) is 1.08. The van der Waals surface area contributed by atoms with Crippen molar-refractivity contribution in [3.8, 4) is 0 Å². The molecule has 76 valence electrons. The molecule has 14 heavy (non-hydrogen) atoms. The summed E-state index contributed by atoms with van der Waals surface area (Å²) in [6.45, 7) is 1.75. The van der Waals surface area contributed by atoms with Crippen LogP contribution in [-0.2, 0) is 4.79 Å². The quantitative estimate of drug-likeness (QED) is 0.339. The summed E-state index contributed by atoms with van der Waals surface area (Å²) in [4.78, 5) is 11.1. The number of hydrogen-bond acceptors (Lipinski definition) is 3. The molecule has 0 saturated carbocycles. The maximum atomic E-state index is 11.1. The molecule has 0 spiro atoms. The van der Waals surface area contributed by atoms with E-state index in [2.05, 4.69) is 33.3 Å². The summed E-state index contributed by atoms with van der Waals surface area (Å²) in [7, 11) is 0. The van der Waals surface area contributed by atoms with Crippen LogP contribution in [0.5, 0.6) is 0 Å². The van der Waals surface area contributed by atoms with Crippen LogP contribution in [0, 0.1) is 3.57 Å². The minimum absolute atomic E-state index is 0.233. The van der Waals surface area contributed by atoms with Crippen molar-refractivity contribution in [1.29, 1.82) is 0 Å². The molecule has 1 rings (SSSR count). The van der Waals surface area contributed by atoms with Crippen molar-refractivity contribution < 1.29 is 4.79 Å². The standard InChI is InChI=1S/C9H12IN3O/c1-6(9(14)13-11)12-8-4-2-7(10)3-5-8/h2-6,12H,11H2,1H3,(H,13,14)/t6-/m0/s1. The first kappa shape index (κ1) is 11.3. The van der Waals surface area contributed by atoms with Crippen molar-refractivity contribution in [2.45, 2.75) is 13.0 Å². The van der Waals surface area contributed by atoms with Gasteiger partial charge in [0, 0.05) is 9.26 Å². The summed E-state index contributed by atoms with van der Waals surface area (Å²) < 4.78 is 1.16. The molecule has 1 aromatic rings. The van der Waals surface area contributed by atoms with Crippen molar-refractivity contribution in [2.24, 2.45) is 5.84 Å². The molecule has 0 aromatic heterocycles. The maximum Gasteiger partial charge on any atom is 0.256 e. The van der Waals surface area contributed by atoms with E-state index in [0.717, 1.165) is 9.26 Å². The number of hydrazine groups is 1. The van der Waals surface area contributed by atoms with Crippen molar-refractivity contribution in [3.63, 3.8) is 0 Å². The van der Waals surface area contributed by atoms with Gasteiger partial charge in [-0.3, -0.25) is 10.2 Å². The Kier molecular flexibility index (Phi) is 4.15. The number of halogens is 1. The van der Waals surface area contributed by atoms with Gasteiger partial charge in [0.05, 0.1) is 0 Å². The summed E-state index contributed by atoms with van der Waals surface area (Å²) in [5.74, 6) is 4.78. The normalized spacial score (nSPS) is 11.9. The van der Waals surface area contributed by atoms with Gasteiger partial charge in [-0.15, -0.1) is 0 Å². The van der Waals surface area contributed by atoms with Crippen LogP contribution in [0.1, 0.15) is 6.92 Å². The number of rotatable bonds is 3. The van der Waals surface area contributed by atoms with E-state index in [1.165, 1.54) is 0 Å². The minimum atomic E-state index is -0.333. The molecule has 4 N–H and O–H groups in total. The van der Waals surface area contributed by atoms with Crippen LogP contribution in [-0.4, -0.2) is 11.9 Å². The van der Waals surface area contributed by atoms with E-state index in [9.17, 15) is 4.79 Å². The molecular formula is C9H12IN3O. The number of carbonyl (C=O) groups excluding carboxylic acids is 1. The number of carbonyl (C=O) groups is 1. The SMILES string of the molecule is C[C@H](Nc1ccc(I)cc1)C(=O)NN. The van der Waals surface area contributed by atoms with Crippen molar-refractivity contribution in [3.05, 3.63) is 27.8 Å². The first-order chi connectivity index (χ1) is 6.63. The van der Waals surface area contributed by atoms with Crippen LogP contribution in [0.25, 0.3) is 0 Å². The summed E-state index contributed by atoms with van der Waals surface area (Å²) in [5.41, 5.74) is 3.00. The van der Waals surface area contributed by atoms with E-state index >= 15 is 0 Å². The molecule has 0 aliphatic heterocycles. The molecule has 0 aliphatic carbocycles. The van der Waals surface area contributed by atoms with Crippen LogP contribution in [0.15, 0.2) is 24.3 Å². The summed E-state index contributed by atoms with van der Waals surface area (Å²) in [5, 5.41) is 3.02. The van der Waals surface area contributed by atoms with Crippen molar-refractivity contribution in [2.75, 3.05) is 5.32 Å². The first-order valence-electron chi connectivity index (χ1n) is 4.16. The fraction of sp³-hybridized carbons (Fsp3) is 0.222. The third kappa shape index (κ3) is 3.15. The zero-order chi connectivity index (χ0) is 10.6. The van der Waals surface area contributed by atoms with E-state index in [1.54, 1.807) is 6.92 Å². The average molecular weight is 305 g/mol. The minimum Gasteiger partial charge on any atom is -0.374 e. The lowest BCUT2D eigenvalue weighted by molar-refractivity contribution is -0.121. The van der Waals surface area contributed by atoms with E-state index < -0.39 is 0 Å². The Morgan fingerprint density at radius 3 is 2.50 bits per heavy atom. The van der Waals surface area contributed by atoms with E-state index in [4.69, 9.17) is 5.84 Å². The Labute approximate surface area is 96.4 Å². The van der Waals surface area contributed by atoms with Gasteiger partial charge in [-0.1, -0.05) is 0 Å². The van der Waals surface area contributed by atoms with Gasteiger partial charge in [-0.05, 0) is 53.8 Å². The third-order valence-corrected chi connectivity index (χ3v) is 2.48. The molecule has 4 nitrogen and oxygen atoms in total. The Hall–Kier alpha value is -0.820. The van der Waals surface area contributed by atoms with Gasteiger partial charge in [0.25, 0.3) is 5.91 Å². The molecule has 0 bridgehead atoms. The molecule has 0 radical (unpaired) electrons. The van der Waals surface area contributed by atoms with E-state index in [0.29, 0.717) is 0 Å². The number of nitrogens with two attached hydrogens (primary N) is 1. The molecule has 0 fully saturated rings. The zero-order valence-corrected chi connectivity index (χ0v) is 9.91. The van der Waals surface area contributed by atoms with Crippen LogP contribution in [0.4, 0.5) is 5.69 Å². The highest BCUT2D eigenvalue weighted by Crippen LogP contribution is 2.11. The zero-order valence-electron chi connectivity index (χ0n) is 7.75. The van der Waals surface area contributed by atoms with Gasteiger partial charge in [0.1, 0.15) is 6.04 Å². The van der Waals surface area contributed by atoms with Crippen LogP contribution in [0.2, 0.25) is 0 Å². The fourth-order valence-corrected chi connectivity index (χ4v) is 1.35. The second-order valence-electron chi connectivity index (χ2n) is 2.88. The third-order valence-electron chi connectivity index (χ3n) is 1.76. The summed E-state index contributed by atoms with van der Waals surface area (Å²) >= 11 is 2.22. The molecule has 1 amide bonds. The van der Waals surface area contributed by atoms with Crippen molar-refractivity contribution >= 4 is 34.2 Å². The molecule has 1 atom stereocenters. The van der Waals surface area contributed by atoms with Gasteiger partial charge in [-0.2, -0.15) is 0 Å². The highest BCUT2D eigenvalue weighted by Gasteiger charge is 2.09. The lowest BCUT2D eigenvalue weighted by Crippen LogP contribution is -2.41. The number of hydrogen-bond donors (Lipinski definition) is 3. The van der Waals surface area contributed by atoms with Gasteiger partial charge in [0.15, 0.2) is 0 Å². The van der Waals surface area contributed by atoms with Crippen LogP contribution in [0.3, 0.4) is 0 Å². The van der Waals surface area contributed by atoms with E-state index in [1.807, 2.05) is 24.3 Å². The first-order valence-corrected chi connectivity index (χ1v) is 5.24. The molecule has 0 heterocycles. The number of nitrogens with one attached hydrogen (secondary N) is 2. The Morgan fingerprint density at radius 1 is 1.43 bits per heavy atom. The average Bonchev–Trinajstić information content (AvgIpc) is 2.20. The van der Waals surface area contributed by atoms with Gasteiger partial charge in [0.2, 0.25) is 0 Å². The predicted molar refractivity (Wildman–Crippen MR) is 64.6 cm³/mol. The highest BCUT2D eigenvalue weighted by atomic mass is 127. The molecule has 0 unspecified atom stereocenters. The topological polar surface area (TPSA) is 67.2 Å². The Balaban J connectivity index is 2.60. The molecule has 1 aromatic carbocycles. The van der Waals surface area contributed by atoms with Crippen LogP contribution >= 0.6 is 22.6 Å². The number of anilines is 1. The monoisotopic (exact) mass is 305 g/mol. The number of benzene rings is 1. The molecule has 0 aliphatic rings. The van der Waals surface area contributed by atoms with Gasteiger partial charge < -0.3 is 5.32 Å². The lowest BCUT2D eigenvalue weighted by Gasteiger charge is -2.13. The van der Waals surface area contributed by atoms with Crippen molar-refractivity contribution in [1.82, 2.24) is 5.43 Å². The smallest absolute Gasteiger partial charge is 0.256 e. The summed E-state index contributed by atoms with van der Waals surface area (Å²) in [6, 6.07) is 7.44. The summed E-state index contributed by atoms with van der Waals surface area (Å²) in [6.07, 6.45) is 0. The van der Waals surface area contributed by atoms with E-state index in [-0.39, 0.29) is 11.9 Å². The fourth-order valence-electron chi connectivity index (χ4n) is 0.987. The lowest BCUT2D eigenvalue weighted by atomic mass is 10.2. The van der Waals surface area contributed by atoms with Gasteiger partial charge in [-0.25, -0.2) is 5.84 Å². The largest absolute Gasteiger partial charge is 0.374 e. The number of amides is 1. The van der Waals surface area contributed by atoms with Crippen LogP contribution < -0.4 is 16.6 Å². The second kappa shape index (κ2) is 5.16. The maximum absolute atomic E-state index is 11.1. The Morgan fingerprint density at radius 2 is 2.00 bits per heavy atom. The van der Waals surface area contributed by atoms with Gasteiger partial charge >= 0.3 is 0 Å². The Bertz CT molecular complexity index is 312. The molecule has 0 saturated heterocycles. The molecule has 5 heteroatoms.